The molecule has 1 saturated heterocycles. The van der Waals surface area contributed by atoms with Gasteiger partial charge in [-0.1, -0.05) is 53.0 Å². The van der Waals surface area contributed by atoms with Crippen LogP contribution in [0, 0.1) is 0 Å². The highest BCUT2D eigenvalue weighted by Gasteiger charge is 2.47. The zero-order valence-electron chi connectivity index (χ0n) is 18.7. The van der Waals surface area contributed by atoms with Gasteiger partial charge in [-0.3, -0.25) is 14.5 Å². The lowest BCUT2D eigenvalue weighted by molar-refractivity contribution is -0.132. The molecule has 4 rings (SSSR count). The van der Waals surface area contributed by atoms with E-state index >= 15 is 0 Å². The van der Waals surface area contributed by atoms with Crippen LogP contribution in [-0.4, -0.2) is 30.5 Å². The predicted octanol–water partition coefficient (Wildman–Crippen LogP) is 6.68. The molecule has 3 aromatic rings. The summed E-state index contributed by atoms with van der Waals surface area (Å²) in [7, 11) is 1.41. The fourth-order valence-corrected chi connectivity index (χ4v) is 4.76. The molecule has 1 heterocycles. The Hall–Kier alpha value is -3.19. The van der Waals surface area contributed by atoms with E-state index in [1.807, 2.05) is 6.92 Å². The molecule has 0 spiro atoms. The maximum atomic E-state index is 13.3. The SMILES string of the molecule is CCOc1cccc(N2C(=O)C(=O)/C(=C(/O)c3cc(Cl)c(OC)c(Cl)c3)C2c2ccc(Cl)cc2)c1. The first-order valence-electron chi connectivity index (χ1n) is 10.6. The largest absolute Gasteiger partial charge is 0.507 e. The molecule has 9 heteroatoms. The van der Waals surface area contributed by atoms with E-state index in [9.17, 15) is 14.7 Å². The first-order chi connectivity index (χ1) is 16.8. The molecule has 1 unspecified atom stereocenters. The Kier molecular flexibility index (Phi) is 7.26. The Balaban J connectivity index is 1.94. The van der Waals surface area contributed by atoms with Crippen LogP contribution >= 0.6 is 34.8 Å². The van der Waals surface area contributed by atoms with Gasteiger partial charge >= 0.3 is 0 Å². The second kappa shape index (κ2) is 10.2. The highest BCUT2D eigenvalue weighted by molar-refractivity contribution is 6.52. The molecular formula is C26H20Cl3NO5. The minimum atomic E-state index is -0.941. The molecule has 0 aliphatic carbocycles. The van der Waals surface area contributed by atoms with Crippen LogP contribution in [0.4, 0.5) is 5.69 Å². The number of aliphatic hydroxyl groups excluding tert-OH is 1. The highest BCUT2D eigenvalue weighted by Crippen LogP contribution is 2.44. The number of ketones is 1. The molecule has 35 heavy (non-hydrogen) atoms. The van der Waals surface area contributed by atoms with Crippen molar-refractivity contribution < 1.29 is 24.2 Å². The maximum Gasteiger partial charge on any atom is 0.300 e. The third kappa shape index (κ3) is 4.69. The van der Waals surface area contributed by atoms with Crippen molar-refractivity contribution in [1.29, 1.82) is 0 Å². The molecule has 1 N–H and O–H groups in total. The van der Waals surface area contributed by atoms with Crippen molar-refractivity contribution in [3.05, 3.63) is 92.4 Å². The number of methoxy groups -OCH3 is 1. The number of benzene rings is 3. The van der Waals surface area contributed by atoms with E-state index in [1.165, 1.54) is 24.1 Å². The number of halogens is 3. The van der Waals surface area contributed by atoms with Crippen molar-refractivity contribution in [1.82, 2.24) is 0 Å². The van der Waals surface area contributed by atoms with Gasteiger partial charge in [-0.05, 0) is 48.9 Å². The lowest BCUT2D eigenvalue weighted by atomic mass is 9.95. The van der Waals surface area contributed by atoms with Crippen molar-refractivity contribution in [3.8, 4) is 11.5 Å². The Bertz CT molecular complexity index is 1310. The van der Waals surface area contributed by atoms with Crippen molar-refractivity contribution >= 4 is 57.9 Å². The third-order valence-corrected chi connectivity index (χ3v) is 6.33. The number of carbonyl (C=O) groups is 2. The topological polar surface area (TPSA) is 76.1 Å². The van der Waals surface area contributed by atoms with E-state index in [1.54, 1.807) is 48.5 Å². The van der Waals surface area contributed by atoms with E-state index in [4.69, 9.17) is 44.3 Å². The highest BCUT2D eigenvalue weighted by atomic mass is 35.5. The van der Waals surface area contributed by atoms with Gasteiger partial charge in [-0.2, -0.15) is 0 Å². The number of carbonyl (C=O) groups excluding carboxylic acids is 2. The van der Waals surface area contributed by atoms with Crippen molar-refractivity contribution in [2.75, 3.05) is 18.6 Å². The fraction of sp³-hybridized carbons (Fsp3) is 0.154. The molecule has 3 aromatic carbocycles. The summed E-state index contributed by atoms with van der Waals surface area (Å²) < 4.78 is 10.7. The van der Waals surface area contributed by atoms with Crippen molar-refractivity contribution in [2.24, 2.45) is 0 Å². The van der Waals surface area contributed by atoms with E-state index in [0.717, 1.165) is 0 Å². The normalized spacial score (nSPS) is 17.1. The molecule has 1 amide bonds. The molecule has 0 radical (unpaired) electrons. The maximum absolute atomic E-state index is 13.3. The molecule has 1 aliphatic heterocycles. The van der Waals surface area contributed by atoms with Gasteiger partial charge in [-0.15, -0.1) is 0 Å². The average Bonchev–Trinajstić information content (AvgIpc) is 3.09. The molecule has 0 aromatic heterocycles. The molecule has 1 fully saturated rings. The van der Waals surface area contributed by atoms with Crippen LogP contribution in [0.3, 0.4) is 0 Å². The summed E-state index contributed by atoms with van der Waals surface area (Å²) in [5, 5.41) is 12.0. The van der Waals surface area contributed by atoms with E-state index < -0.39 is 23.5 Å². The van der Waals surface area contributed by atoms with Crippen LogP contribution in [0.2, 0.25) is 15.1 Å². The summed E-state index contributed by atoms with van der Waals surface area (Å²) in [4.78, 5) is 27.9. The Labute approximate surface area is 217 Å². The Morgan fingerprint density at radius 1 is 1.00 bits per heavy atom. The Morgan fingerprint density at radius 2 is 1.66 bits per heavy atom. The minimum Gasteiger partial charge on any atom is -0.507 e. The fourth-order valence-electron chi connectivity index (χ4n) is 4.00. The zero-order valence-corrected chi connectivity index (χ0v) is 21.0. The van der Waals surface area contributed by atoms with Gasteiger partial charge in [0.2, 0.25) is 0 Å². The van der Waals surface area contributed by atoms with Gasteiger partial charge in [0.25, 0.3) is 11.7 Å². The van der Waals surface area contributed by atoms with Gasteiger partial charge < -0.3 is 14.6 Å². The quantitative estimate of drug-likeness (QED) is 0.218. The van der Waals surface area contributed by atoms with Crippen LogP contribution < -0.4 is 14.4 Å². The van der Waals surface area contributed by atoms with Crippen LogP contribution in [0.15, 0.2) is 66.2 Å². The molecule has 180 valence electrons. The zero-order chi connectivity index (χ0) is 25.3. The first-order valence-corrected chi connectivity index (χ1v) is 11.7. The minimum absolute atomic E-state index is 0.114. The van der Waals surface area contributed by atoms with Crippen molar-refractivity contribution in [3.63, 3.8) is 0 Å². The van der Waals surface area contributed by atoms with E-state index in [2.05, 4.69) is 0 Å². The standard InChI is InChI=1S/C26H20Cl3NO5/c1-3-35-18-6-4-5-17(13-18)30-22(14-7-9-16(27)10-8-14)21(24(32)26(30)33)23(31)15-11-19(28)25(34-2)20(29)12-15/h4-13,22,31H,3H2,1-2H3/b23-21+. The number of hydrogen-bond acceptors (Lipinski definition) is 5. The second-order valence-electron chi connectivity index (χ2n) is 7.62. The average molecular weight is 533 g/mol. The van der Waals surface area contributed by atoms with Crippen LogP contribution in [0.1, 0.15) is 24.1 Å². The summed E-state index contributed by atoms with van der Waals surface area (Å²) in [5.74, 6) is -1.31. The van der Waals surface area contributed by atoms with E-state index in [0.29, 0.717) is 28.6 Å². The number of hydrogen-bond donors (Lipinski definition) is 1. The Morgan fingerprint density at radius 3 is 2.26 bits per heavy atom. The predicted molar refractivity (Wildman–Crippen MR) is 137 cm³/mol. The van der Waals surface area contributed by atoms with Crippen LogP contribution in [0.25, 0.3) is 5.76 Å². The first kappa shape index (κ1) is 24.9. The van der Waals surface area contributed by atoms with Gasteiger partial charge in [-0.25, -0.2) is 0 Å². The summed E-state index contributed by atoms with van der Waals surface area (Å²) in [6, 6.07) is 15.4. The van der Waals surface area contributed by atoms with Gasteiger partial charge in [0.15, 0.2) is 5.75 Å². The number of anilines is 1. The summed E-state index contributed by atoms with van der Waals surface area (Å²) >= 11 is 18.6. The molecule has 6 nitrogen and oxygen atoms in total. The summed E-state index contributed by atoms with van der Waals surface area (Å²) in [5.41, 5.74) is 1.06. The van der Waals surface area contributed by atoms with Crippen LogP contribution in [-0.2, 0) is 9.59 Å². The lowest BCUT2D eigenvalue weighted by Crippen LogP contribution is -2.29. The second-order valence-corrected chi connectivity index (χ2v) is 8.87. The van der Waals surface area contributed by atoms with E-state index in [-0.39, 0.29) is 26.9 Å². The van der Waals surface area contributed by atoms with Gasteiger partial charge in [0.1, 0.15) is 11.5 Å². The third-order valence-electron chi connectivity index (χ3n) is 5.51. The monoisotopic (exact) mass is 531 g/mol. The smallest absolute Gasteiger partial charge is 0.300 e. The number of nitrogens with zero attached hydrogens (tertiary/aromatic N) is 1. The number of Topliss-reactive ketones (excluding diaryl/α,β-unsaturated/α-hetero) is 1. The molecule has 0 bridgehead atoms. The van der Waals surface area contributed by atoms with Gasteiger partial charge in [0.05, 0.1) is 35.4 Å². The van der Waals surface area contributed by atoms with Crippen LogP contribution in [0.5, 0.6) is 11.5 Å². The lowest BCUT2D eigenvalue weighted by Gasteiger charge is -2.26. The number of aliphatic hydroxyl groups is 1. The molecule has 1 aliphatic rings. The number of amides is 1. The molecular weight excluding hydrogens is 513 g/mol. The molecule has 0 saturated carbocycles. The summed E-state index contributed by atoms with van der Waals surface area (Å²) in [6.45, 7) is 2.28. The number of rotatable bonds is 6. The van der Waals surface area contributed by atoms with Gasteiger partial charge in [0, 0.05) is 22.3 Å². The molecule has 1 atom stereocenters. The number of ether oxygens (including phenoxy) is 2. The van der Waals surface area contributed by atoms with Crippen molar-refractivity contribution in [2.45, 2.75) is 13.0 Å². The summed E-state index contributed by atoms with van der Waals surface area (Å²) in [6.07, 6.45) is 0.